The Balaban J connectivity index is 2.00. The highest BCUT2D eigenvalue weighted by molar-refractivity contribution is 5.83. The largest absolute Gasteiger partial charge is 0.496 e. The number of anilines is 2. The Bertz CT molecular complexity index is 813. The van der Waals surface area contributed by atoms with Crippen molar-refractivity contribution in [3.05, 3.63) is 42.0 Å². The molecule has 4 nitrogen and oxygen atoms in total. The Hall–Kier alpha value is -2.41. The number of benzene rings is 2. The highest BCUT2D eigenvalue weighted by Crippen LogP contribution is 2.41. The standard InChI is InChI=1S/C19H21F3N2O2/c1-18(2,25)10-24-11-23-15-7-4-12(8-16(15)24)14-6-5-13(19(20,21)22)9-17(14)26-3/h4-9,23,25H,10-11H2,1-3H3. The van der Waals surface area contributed by atoms with Crippen LogP contribution in [0.15, 0.2) is 36.4 Å². The van der Waals surface area contributed by atoms with Gasteiger partial charge in [0.1, 0.15) is 5.75 Å². The highest BCUT2D eigenvalue weighted by atomic mass is 19.4. The van der Waals surface area contributed by atoms with Crippen LogP contribution in [0.3, 0.4) is 0 Å². The molecule has 0 aliphatic carbocycles. The number of hydrogen-bond donors (Lipinski definition) is 2. The smallest absolute Gasteiger partial charge is 0.416 e. The molecular weight excluding hydrogens is 345 g/mol. The Morgan fingerprint density at radius 2 is 1.88 bits per heavy atom. The summed E-state index contributed by atoms with van der Waals surface area (Å²) < 4.78 is 44.0. The van der Waals surface area contributed by atoms with Gasteiger partial charge in [0.2, 0.25) is 0 Å². The maximum atomic E-state index is 12.9. The van der Waals surface area contributed by atoms with E-state index in [1.165, 1.54) is 13.2 Å². The van der Waals surface area contributed by atoms with E-state index in [-0.39, 0.29) is 5.75 Å². The van der Waals surface area contributed by atoms with Gasteiger partial charge in [-0.3, -0.25) is 0 Å². The fraction of sp³-hybridized carbons (Fsp3) is 0.368. The third-order valence-corrected chi connectivity index (χ3v) is 4.22. The van der Waals surface area contributed by atoms with E-state index in [1.807, 2.05) is 23.1 Å². The zero-order chi connectivity index (χ0) is 19.1. The number of fused-ring (bicyclic) bond motifs is 1. The number of ether oxygens (including phenoxy) is 1. The molecule has 0 bridgehead atoms. The van der Waals surface area contributed by atoms with Crippen molar-refractivity contribution in [2.24, 2.45) is 0 Å². The average Bonchev–Trinajstić information content (AvgIpc) is 2.94. The summed E-state index contributed by atoms with van der Waals surface area (Å²) in [5.74, 6) is 0.166. The lowest BCUT2D eigenvalue weighted by molar-refractivity contribution is -0.137. The van der Waals surface area contributed by atoms with Crippen LogP contribution < -0.4 is 15.0 Å². The van der Waals surface area contributed by atoms with E-state index in [1.54, 1.807) is 13.8 Å². The highest BCUT2D eigenvalue weighted by Gasteiger charge is 2.31. The molecule has 140 valence electrons. The lowest BCUT2D eigenvalue weighted by Crippen LogP contribution is -2.38. The number of nitrogens with zero attached hydrogens (tertiary/aromatic N) is 1. The first-order valence-electron chi connectivity index (χ1n) is 8.19. The number of aliphatic hydroxyl groups is 1. The van der Waals surface area contributed by atoms with E-state index in [0.717, 1.165) is 29.1 Å². The molecule has 0 saturated heterocycles. The van der Waals surface area contributed by atoms with Gasteiger partial charge in [-0.1, -0.05) is 12.1 Å². The van der Waals surface area contributed by atoms with Crippen LogP contribution in [0.25, 0.3) is 11.1 Å². The zero-order valence-corrected chi connectivity index (χ0v) is 14.8. The van der Waals surface area contributed by atoms with Crippen molar-refractivity contribution in [1.82, 2.24) is 0 Å². The number of alkyl halides is 3. The van der Waals surface area contributed by atoms with Crippen LogP contribution in [0.1, 0.15) is 19.4 Å². The predicted octanol–water partition coefficient (Wildman–Crippen LogP) is 4.34. The van der Waals surface area contributed by atoms with Crippen LogP contribution in [-0.4, -0.2) is 31.0 Å². The Kier molecular flexibility index (Phi) is 4.52. The summed E-state index contributed by atoms with van der Waals surface area (Å²) in [5, 5.41) is 13.3. The molecule has 26 heavy (non-hydrogen) atoms. The van der Waals surface area contributed by atoms with E-state index in [4.69, 9.17) is 4.74 Å². The number of β-amino-alcohol motifs (C(OH)–C–C–N with tert-alkyl or cyclic N) is 1. The van der Waals surface area contributed by atoms with Crippen LogP contribution in [0, 0.1) is 0 Å². The normalized spacial score (nSPS) is 14.2. The minimum atomic E-state index is -4.42. The second-order valence-electron chi connectivity index (χ2n) is 6.99. The summed E-state index contributed by atoms with van der Waals surface area (Å²) in [4.78, 5) is 2.00. The van der Waals surface area contributed by atoms with Crippen molar-refractivity contribution in [2.45, 2.75) is 25.6 Å². The number of hydrogen-bond acceptors (Lipinski definition) is 4. The van der Waals surface area contributed by atoms with Crippen molar-refractivity contribution in [3.63, 3.8) is 0 Å². The monoisotopic (exact) mass is 366 g/mol. The van der Waals surface area contributed by atoms with Crippen LogP contribution in [-0.2, 0) is 6.18 Å². The first-order valence-corrected chi connectivity index (χ1v) is 8.19. The van der Waals surface area contributed by atoms with Gasteiger partial charge in [-0.05, 0) is 43.7 Å². The third-order valence-electron chi connectivity index (χ3n) is 4.22. The van der Waals surface area contributed by atoms with Gasteiger partial charge in [-0.15, -0.1) is 0 Å². The van der Waals surface area contributed by atoms with Gasteiger partial charge >= 0.3 is 6.18 Å². The molecule has 2 aromatic rings. The molecule has 2 N–H and O–H groups in total. The Morgan fingerprint density at radius 3 is 2.50 bits per heavy atom. The lowest BCUT2D eigenvalue weighted by Gasteiger charge is -2.26. The van der Waals surface area contributed by atoms with Crippen molar-refractivity contribution < 1.29 is 23.0 Å². The SMILES string of the molecule is COc1cc(C(F)(F)F)ccc1-c1ccc2c(c1)N(CC(C)(C)O)CN2. The first kappa shape index (κ1) is 18.4. The summed E-state index contributed by atoms with van der Waals surface area (Å²) in [6.45, 7) is 4.45. The maximum Gasteiger partial charge on any atom is 0.416 e. The Morgan fingerprint density at radius 1 is 1.15 bits per heavy atom. The van der Waals surface area contributed by atoms with Gasteiger partial charge in [0.05, 0.1) is 36.3 Å². The van der Waals surface area contributed by atoms with Gasteiger partial charge in [-0.2, -0.15) is 13.2 Å². The number of rotatable bonds is 4. The summed E-state index contributed by atoms with van der Waals surface area (Å²) in [6.07, 6.45) is -4.42. The minimum absolute atomic E-state index is 0.166. The molecule has 3 rings (SSSR count). The average molecular weight is 366 g/mol. The molecule has 0 atom stereocenters. The molecule has 1 aliphatic rings. The molecule has 0 unspecified atom stereocenters. The van der Waals surface area contributed by atoms with Gasteiger partial charge in [0.15, 0.2) is 0 Å². The predicted molar refractivity (Wildman–Crippen MR) is 95.6 cm³/mol. The van der Waals surface area contributed by atoms with E-state index in [0.29, 0.717) is 18.8 Å². The fourth-order valence-electron chi connectivity index (χ4n) is 3.09. The summed E-state index contributed by atoms with van der Waals surface area (Å²) in [7, 11) is 1.36. The zero-order valence-electron chi connectivity index (χ0n) is 14.8. The minimum Gasteiger partial charge on any atom is -0.496 e. The number of nitrogens with one attached hydrogen (secondary N) is 1. The quantitative estimate of drug-likeness (QED) is 0.845. The van der Waals surface area contributed by atoms with Crippen molar-refractivity contribution >= 4 is 11.4 Å². The van der Waals surface area contributed by atoms with Crippen molar-refractivity contribution in [3.8, 4) is 16.9 Å². The summed E-state index contributed by atoms with van der Waals surface area (Å²) >= 11 is 0. The summed E-state index contributed by atoms with van der Waals surface area (Å²) in [6, 6.07) is 9.10. The van der Waals surface area contributed by atoms with Crippen LogP contribution >= 0.6 is 0 Å². The second kappa shape index (κ2) is 6.39. The Labute approximate surface area is 150 Å². The molecule has 0 saturated carbocycles. The molecule has 0 fully saturated rings. The summed E-state index contributed by atoms with van der Waals surface area (Å²) in [5.41, 5.74) is 1.53. The van der Waals surface area contributed by atoms with E-state index < -0.39 is 17.3 Å². The topological polar surface area (TPSA) is 44.7 Å². The molecule has 0 radical (unpaired) electrons. The lowest BCUT2D eigenvalue weighted by atomic mass is 10.0. The number of halogens is 3. The first-order chi connectivity index (χ1) is 12.1. The van der Waals surface area contributed by atoms with Crippen molar-refractivity contribution in [2.75, 3.05) is 30.5 Å². The van der Waals surface area contributed by atoms with Gasteiger partial charge in [-0.25, -0.2) is 0 Å². The molecule has 0 spiro atoms. The van der Waals surface area contributed by atoms with Crippen molar-refractivity contribution in [1.29, 1.82) is 0 Å². The third kappa shape index (κ3) is 3.72. The van der Waals surface area contributed by atoms with Crippen LogP contribution in [0.2, 0.25) is 0 Å². The molecule has 0 amide bonds. The molecule has 7 heteroatoms. The fourth-order valence-corrected chi connectivity index (χ4v) is 3.09. The molecule has 2 aromatic carbocycles. The molecule has 0 aromatic heterocycles. The maximum absolute atomic E-state index is 12.9. The molecule has 1 aliphatic heterocycles. The van der Waals surface area contributed by atoms with E-state index in [2.05, 4.69) is 5.32 Å². The van der Waals surface area contributed by atoms with E-state index in [9.17, 15) is 18.3 Å². The van der Waals surface area contributed by atoms with Gasteiger partial charge < -0.3 is 20.1 Å². The van der Waals surface area contributed by atoms with Crippen LogP contribution in [0.4, 0.5) is 24.5 Å². The number of methoxy groups -OCH3 is 1. The van der Waals surface area contributed by atoms with Gasteiger partial charge in [0, 0.05) is 12.1 Å². The van der Waals surface area contributed by atoms with Crippen LogP contribution in [0.5, 0.6) is 5.75 Å². The second-order valence-corrected chi connectivity index (χ2v) is 6.99. The molecule has 1 heterocycles. The molecular formula is C19H21F3N2O2. The van der Waals surface area contributed by atoms with Gasteiger partial charge in [0.25, 0.3) is 0 Å². The van der Waals surface area contributed by atoms with E-state index >= 15 is 0 Å².